The third kappa shape index (κ3) is 4.28. The number of aromatic nitrogens is 2. The van der Waals surface area contributed by atoms with Crippen molar-refractivity contribution in [1.82, 2.24) is 9.55 Å². The lowest BCUT2D eigenvalue weighted by molar-refractivity contribution is -0.115. The molecule has 1 rings (SSSR count). The summed E-state index contributed by atoms with van der Waals surface area (Å²) in [6, 6.07) is 1.60. The Labute approximate surface area is 101 Å². The molecule has 1 aromatic rings. The number of nitrogens with zero attached hydrogens (tertiary/aromatic N) is 2. The molecule has 0 aliphatic heterocycles. The second-order valence-corrected chi connectivity index (χ2v) is 5.68. The molecule has 0 unspecified atom stereocenters. The number of anilines is 1. The average Bonchev–Trinajstić information content (AvgIpc) is 2.24. The van der Waals surface area contributed by atoms with Gasteiger partial charge in [0.25, 0.3) is 0 Å². The van der Waals surface area contributed by atoms with E-state index in [1.807, 2.05) is 6.26 Å². The number of nitrogens with one attached hydrogen (secondary N) is 1. The lowest BCUT2D eigenvalue weighted by atomic mass is 10.4. The smallest absolute Gasteiger partial charge is 0.310 e. The van der Waals surface area contributed by atoms with Crippen molar-refractivity contribution >= 4 is 33.3 Å². The predicted octanol–water partition coefficient (Wildman–Crippen LogP) is 1.12. The van der Waals surface area contributed by atoms with Gasteiger partial charge in [-0.15, -0.1) is 0 Å². The topological polar surface area (TPSA) is 64.0 Å². The number of carbonyl (C=O) groups excluding carboxylic acids is 1. The number of aryl methyl sites for hydroxylation is 1. The van der Waals surface area contributed by atoms with Crippen molar-refractivity contribution in [2.75, 3.05) is 17.3 Å². The molecule has 1 heterocycles. The summed E-state index contributed by atoms with van der Waals surface area (Å²) in [7, 11) is 4.85. The summed E-state index contributed by atoms with van der Waals surface area (Å²) in [5, 5.41) is 2.58. The predicted molar refractivity (Wildman–Crippen MR) is 68.7 cm³/mol. The summed E-state index contributed by atoms with van der Waals surface area (Å²) >= 11 is 0. The van der Waals surface area contributed by atoms with Gasteiger partial charge in [-0.25, -0.2) is 4.79 Å². The Kier molecular flexibility index (Phi) is 5.41. The second kappa shape index (κ2) is 6.59. The molecule has 0 radical (unpaired) electrons. The minimum atomic E-state index is -0.378. The summed E-state index contributed by atoms with van der Waals surface area (Å²) in [5.41, 5.74) is -0.378. The molecule has 5 nitrogen and oxygen atoms in total. The molecule has 88 valence electrons. The first-order valence-corrected chi connectivity index (χ1v) is 7.35. The Bertz CT molecular complexity index is 419. The van der Waals surface area contributed by atoms with E-state index in [4.69, 9.17) is 0 Å². The van der Waals surface area contributed by atoms with Crippen LogP contribution in [0.4, 0.5) is 5.82 Å². The Morgan fingerprint density at radius 3 is 3.00 bits per heavy atom. The minimum absolute atomic E-state index is 0.123. The Morgan fingerprint density at radius 2 is 2.38 bits per heavy atom. The van der Waals surface area contributed by atoms with Crippen LogP contribution in [0, 0.1) is 0 Å². The van der Waals surface area contributed by atoms with Crippen LogP contribution in [-0.4, -0.2) is 27.5 Å². The van der Waals surface area contributed by atoms with Gasteiger partial charge < -0.3 is 9.88 Å². The van der Waals surface area contributed by atoms with Gasteiger partial charge in [-0.05, 0) is 12.3 Å². The zero-order chi connectivity index (χ0) is 12.0. The largest absolute Gasteiger partial charge is 0.349 e. The Hall–Kier alpha value is -0.950. The van der Waals surface area contributed by atoms with Crippen LogP contribution in [0.15, 0.2) is 17.1 Å². The summed E-state index contributed by atoms with van der Waals surface area (Å²) in [4.78, 5) is 26.3. The molecule has 7 heteroatoms. The Morgan fingerprint density at radius 1 is 1.62 bits per heavy atom. The molecule has 0 spiro atoms. The van der Waals surface area contributed by atoms with Crippen molar-refractivity contribution in [2.45, 2.75) is 6.42 Å². The average molecular weight is 259 g/mol. The lowest BCUT2D eigenvalue weighted by Gasteiger charge is -2.03. The van der Waals surface area contributed by atoms with Crippen molar-refractivity contribution < 1.29 is 4.79 Å². The van der Waals surface area contributed by atoms with E-state index in [1.165, 1.54) is 4.57 Å². The summed E-state index contributed by atoms with van der Waals surface area (Å²) in [5.74, 6) is 0.933. The van der Waals surface area contributed by atoms with Gasteiger partial charge in [0.2, 0.25) is 5.91 Å². The molecular formula is C9H13N3O2S2. The highest BCUT2D eigenvalue weighted by atomic mass is 33.1. The SMILES string of the molecule is CSSCCC(=O)Nc1ccn(C)c(=O)n1. The highest BCUT2D eigenvalue weighted by Gasteiger charge is 2.03. The van der Waals surface area contributed by atoms with Crippen LogP contribution in [0.1, 0.15) is 6.42 Å². The summed E-state index contributed by atoms with van der Waals surface area (Å²) in [6.07, 6.45) is 3.95. The minimum Gasteiger partial charge on any atom is -0.310 e. The maximum Gasteiger partial charge on any atom is 0.349 e. The molecule has 0 fully saturated rings. The molecule has 0 saturated heterocycles. The monoisotopic (exact) mass is 259 g/mol. The van der Waals surface area contributed by atoms with Gasteiger partial charge >= 0.3 is 5.69 Å². The molecular weight excluding hydrogens is 246 g/mol. The van der Waals surface area contributed by atoms with Gasteiger partial charge in [-0.3, -0.25) is 4.79 Å². The van der Waals surface area contributed by atoms with Crippen molar-refractivity contribution in [3.63, 3.8) is 0 Å². The maximum absolute atomic E-state index is 11.4. The van der Waals surface area contributed by atoms with Crippen LogP contribution in [0.2, 0.25) is 0 Å². The van der Waals surface area contributed by atoms with Gasteiger partial charge in [0.1, 0.15) is 5.82 Å². The lowest BCUT2D eigenvalue weighted by Crippen LogP contribution is -2.22. The highest BCUT2D eigenvalue weighted by Crippen LogP contribution is 2.17. The fourth-order valence-electron chi connectivity index (χ4n) is 0.958. The van der Waals surface area contributed by atoms with Gasteiger partial charge in [0.05, 0.1) is 0 Å². The molecule has 0 aliphatic rings. The van der Waals surface area contributed by atoms with Crippen molar-refractivity contribution in [1.29, 1.82) is 0 Å². The molecule has 16 heavy (non-hydrogen) atoms. The molecule has 0 aliphatic carbocycles. The molecule has 1 aromatic heterocycles. The number of carbonyl (C=O) groups is 1. The van der Waals surface area contributed by atoms with Crippen LogP contribution in [0.5, 0.6) is 0 Å². The van der Waals surface area contributed by atoms with Gasteiger partial charge in [-0.1, -0.05) is 21.6 Å². The van der Waals surface area contributed by atoms with E-state index < -0.39 is 0 Å². The zero-order valence-corrected chi connectivity index (χ0v) is 10.7. The molecule has 0 aromatic carbocycles. The van der Waals surface area contributed by atoms with E-state index in [0.717, 1.165) is 5.75 Å². The second-order valence-electron chi connectivity index (χ2n) is 2.99. The maximum atomic E-state index is 11.4. The first kappa shape index (κ1) is 13.1. The first-order valence-electron chi connectivity index (χ1n) is 4.62. The normalized spacial score (nSPS) is 10.1. The van der Waals surface area contributed by atoms with Gasteiger partial charge in [0.15, 0.2) is 0 Å². The quantitative estimate of drug-likeness (QED) is 0.634. The fourth-order valence-corrected chi connectivity index (χ4v) is 2.14. The molecule has 0 atom stereocenters. The van der Waals surface area contributed by atoms with E-state index in [-0.39, 0.29) is 11.6 Å². The highest BCUT2D eigenvalue weighted by molar-refractivity contribution is 8.76. The molecule has 1 N–H and O–H groups in total. The van der Waals surface area contributed by atoms with Crippen LogP contribution >= 0.6 is 21.6 Å². The summed E-state index contributed by atoms with van der Waals surface area (Å²) in [6.45, 7) is 0. The third-order valence-electron chi connectivity index (χ3n) is 1.77. The standard InChI is InChI=1S/C9H13N3O2S2/c1-12-5-3-7(11-9(12)14)10-8(13)4-6-16-15-2/h3,5H,4,6H2,1-2H3,(H,10,11,13,14). The van der Waals surface area contributed by atoms with E-state index in [2.05, 4.69) is 10.3 Å². The van der Waals surface area contributed by atoms with Gasteiger partial charge in [0, 0.05) is 25.4 Å². The molecule has 0 bridgehead atoms. The number of hydrogen-bond acceptors (Lipinski definition) is 5. The third-order valence-corrected chi connectivity index (χ3v) is 3.59. The van der Waals surface area contributed by atoms with Crippen LogP contribution < -0.4 is 11.0 Å². The fraction of sp³-hybridized carbons (Fsp3) is 0.444. The van der Waals surface area contributed by atoms with E-state index in [9.17, 15) is 9.59 Å². The first-order chi connectivity index (χ1) is 7.63. The van der Waals surface area contributed by atoms with Crippen molar-refractivity contribution in [3.8, 4) is 0 Å². The summed E-state index contributed by atoms with van der Waals surface area (Å²) < 4.78 is 1.35. The van der Waals surface area contributed by atoms with Crippen LogP contribution in [0.25, 0.3) is 0 Å². The number of amides is 1. The van der Waals surface area contributed by atoms with E-state index in [1.54, 1.807) is 40.9 Å². The van der Waals surface area contributed by atoms with Crippen molar-refractivity contribution in [3.05, 3.63) is 22.7 Å². The van der Waals surface area contributed by atoms with E-state index >= 15 is 0 Å². The number of rotatable bonds is 5. The van der Waals surface area contributed by atoms with Gasteiger partial charge in [-0.2, -0.15) is 4.98 Å². The van der Waals surface area contributed by atoms with Crippen LogP contribution in [-0.2, 0) is 11.8 Å². The molecule has 1 amide bonds. The molecule has 0 saturated carbocycles. The van der Waals surface area contributed by atoms with Crippen LogP contribution in [0.3, 0.4) is 0 Å². The Balaban J connectivity index is 2.50. The number of hydrogen-bond donors (Lipinski definition) is 1. The van der Waals surface area contributed by atoms with Crippen molar-refractivity contribution in [2.24, 2.45) is 7.05 Å². The zero-order valence-electron chi connectivity index (χ0n) is 9.10. The van der Waals surface area contributed by atoms with E-state index in [0.29, 0.717) is 12.2 Å².